The fourth-order valence-electron chi connectivity index (χ4n) is 2.11. The van der Waals surface area contributed by atoms with E-state index >= 15 is 0 Å². The monoisotopic (exact) mass is 279 g/mol. The van der Waals surface area contributed by atoms with Gasteiger partial charge in [-0.25, -0.2) is 4.98 Å². The minimum absolute atomic E-state index is 0.694. The number of rotatable bonds is 10. The quantitative estimate of drug-likeness (QED) is 0.668. The summed E-state index contributed by atoms with van der Waals surface area (Å²) in [4.78, 5) is 6.79. The first-order chi connectivity index (χ1) is 9.69. The standard InChI is InChI=1S/C16H29N3O/c1-5-8-17-13-15-11-14(4)18-16(12-15)20-10-9-19(6-2)7-3/h11-12,17H,5-10,13H2,1-4H3. The topological polar surface area (TPSA) is 37.4 Å². The van der Waals surface area contributed by atoms with Gasteiger partial charge >= 0.3 is 0 Å². The van der Waals surface area contributed by atoms with Gasteiger partial charge in [0.05, 0.1) is 0 Å². The third-order valence-corrected chi connectivity index (χ3v) is 3.30. The number of nitrogens with zero attached hydrogens (tertiary/aromatic N) is 2. The van der Waals surface area contributed by atoms with E-state index in [9.17, 15) is 0 Å². The van der Waals surface area contributed by atoms with E-state index in [1.54, 1.807) is 0 Å². The maximum atomic E-state index is 5.79. The lowest BCUT2D eigenvalue weighted by Gasteiger charge is -2.18. The number of likely N-dealkylation sites (N-methyl/N-ethyl adjacent to an activating group) is 1. The van der Waals surface area contributed by atoms with E-state index in [2.05, 4.69) is 42.0 Å². The van der Waals surface area contributed by atoms with Crippen LogP contribution in [-0.2, 0) is 6.54 Å². The van der Waals surface area contributed by atoms with Crippen molar-refractivity contribution in [3.05, 3.63) is 23.4 Å². The molecule has 0 fully saturated rings. The van der Waals surface area contributed by atoms with Crippen molar-refractivity contribution >= 4 is 0 Å². The molecular formula is C16H29N3O. The lowest BCUT2D eigenvalue weighted by molar-refractivity contribution is 0.217. The molecule has 4 heteroatoms. The Morgan fingerprint density at radius 2 is 1.95 bits per heavy atom. The largest absolute Gasteiger partial charge is 0.476 e. The highest BCUT2D eigenvalue weighted by Crippen LogP contribution is 2.12. The summed E-state index contributed by atoms with van der Waals surface area (Å²) in [5, 5.41) is 3.41. The van der Waals surface area contributed by atoms with Crippen molar-refractivity contribution in [1.82, 2.24) is 15.2 Å². The minimum Gasteiger partial charge on any atom is -0.476 e. The van der Waals surface area contributed by atoms with E-state index in [4.69, 9.17) is 4.74 Å². The number of hydrogen-bond acceptors (Lipinski definition) is 4. The molecule has 0 saturated carbocycles. The van der Waals surface area contributed by atoms with E-state index in [1.807, 2.05) is 13.0 Å². The second-order valence-corrected chi connectivity index (χ2v) is 5.01. The van der Waals surface area contributed by atoms with Gasteiger partial charge in [0.25, 0.3) is 0 Å². The zero-order valence-corrected chi connectivity index (χ0v) is 13.4. The third kappa shape index (κ3) is 6.35. The first kappa shape index (κ1) is 16.9. The Bertz CT molecular complexity index is 378. The van der Waals surface area contributed by atoms with Crippen LogP contribution in [-0.4, -0.2) is 42.7 Å². The molecule has 0 saturated heterocycles. The average Bonchev–Trinajstić information content (AvgIpc) is 2.43. The molecule has 0 unspecified atom stereocenters. The summed E-state index contributed by atoms with van der Waals surface area (Å²) < 4.78 is 5.79. The van der Waals surface area contributed by atoms with Crippen LogP contribution >= 0.6 is 0 Å². The van der Waals surface area contributed by atoms with Crippen LogP contribution in [0.2, 0.25) is 0 Å². The Kier molecular flexibility index (Phi) is 8.23. The fraction of sp³-hybridized carbons (Fsp3) is 0.688. The maximum Gasteiger partial charge on any atom is 0.213 e. The smallest absolute Gasteiger partial charge is 0.213 e. The fourth-order valence-corrected chi connectivity index (χ4v) is 2.11. The second kappa shape index (κ2) is 9.72. The Morgan fingerprint density at radius 1 is 1.20 bits per heavy atom. The lowest BCUT2D eigenvalue weighted by Crippen LogP contribution is -2.28. The van der Waals surface area contributed by atoms with E-state index in [0.29, 0.717) is 6.61 Å². The first-order valence-electron chi connectivity index (χ1n) is 7.73. The maximum absolute atomic E-state index is 5.79. The summed E-state index contributed by atoms with van der Waals surface area (Å²) >= 11 is 0. The van der Waals surface area contributed by atoms with Crippen LogP contribution in [0.3, 0.4) is 0 Å². The number of nitrogens with one attached hydrogen (secondary N) is 1. The molecule has 0 radical (unpaired) electrons. The van der Waals surface area contributed by atoms with Gasteiger partial charge in [-0.15, -0.1) is 0 Å². The Labute approximate surface area is 123 Å². The van der Waals surface area contributed by atoms with E-state index in [1.165, 1.54) is 5.56 Å². The van der Waals surface area contributed by atoms with E-state index in [0.717, 1.165) is 50.7 Å². The summed E-state index contributed by atoms with van der Waals surface area (Å²) in [6.45, 7) is 14.2. The number of aromatic nitrogens is 1. The molecule has 0 aliphatic heterocycles. The number of aryl methyl sites for hydroxylation is 1. The van der Waals surface area contributed by atoms with Crippen molar-refractivity contribution in [1.29, 1.82) is 0 Å². The van der Waals surface area contributed by atoms with Crippen molar-refractivity contribution < 1.29 is 4.74 Å². The van der Waals surface area contributed by atoms with Gasteiger partial charge in [-0.2, -0.15) is 0 Å². The van der Waals surface area contributed by atoms with Crippen molar-refractivity contribution in [2.24, 2.45) is 0 Å². The molecule has 1 heterocycles. The molecule has 0 amide bonds. The molecule has 0 bridgehead atoms. The summed E-state index contributed by atoms with van der Waals surface area (Å²) in [5.41, 5.74) is 2.25. The van der Waals surface area contributed by atoms with Gasteiger partial charge < -0.3 is 15.0 Å². The van der Waals surface area contributed by atoms with Gasteiger partial charge in [0.1, 0.15) is 6.61 Å². The van der Waals surface area contributed by atoms with E-state index in [-0.39, 0.29) is 0 Å². The van der Waals surface area contributed by atoms with Gasteiger partial charge in [0.15, 0.2) is 0 Å². The number of ether oxygens (including phenoxy) is 1. The van der Waals surface area contributed by atoms with Gasteiger partial charge in [-0.1, -0.05) is 20.8 Å². The van der Waals surface area contributed by atoms with Crippen LogP contribution in [0, 0.1) is 6.92 Å². The predicted octanol–water partition coefficient (Wildman–Crippen LogP) is 2.61. The van der Waals surface area contributed by atoms with Gasteiger partial charge in [-0.05, 0) is 44.6 Å². The molecule has 0 atom stereocenters. The first-order valence-corrected chi connectivity index (χ1v) is 7.73. The second-order valence-electron chi connectivity index (χ2n) is 5.01. The summed E-state index contributed by atoms with van der Waals surface area (Å²) in [7, 11) is 0. The molecule has 0 spiro atoms. The molecule has 0 aromatic carbocycles. The zero-order valence-electron chi connectivity index (χ0n) is 13.4. The molecule has 20 heavy (non-hydrogen) atoms. The summed E-state index contributed by atoms with van der Waals surface area (Å²) in [6.07, 6.45) is 1.15. The normalized spacial score (nSPS) is 11.1. The molecule has 4 nitrogen and oxygen atoms in total. The highest BCUT2D eigenvalue weighted by atomic mass is 16.5. The van der Waals surface area contributed by atoms with Crippen LogP contribution in [0.5, 0.6) is 5.88 Å². The molecule has 1 rings (SSSR count). The zero-order chi connectivity index (χ0) is 14.8. The Morgan fingerprint density at radius 3 is 2.60 bits per heavy atom. The molecule has 1 aromatic rings. The SMILES string of the molecule is CCCNCc1cc(C)nc(OCCN(CC)CC)c1. The Balaban J connectivity index is 2.48. The lowest BCUT2D eigenvalue weighted by atomic mass is 10.2. The molecule has 114 valence electrons. The van der Waals surface area contributed by atoms with Crippen LogP contribution in [0.4, 0.5) is 0 Å². The van der Waals surface area contributed by atoms with Crippen molar-refractivity contribution in [2.75, 3.05) is 32.8 Å². The summed E-state index contributed by atoms with van der Waals surface area (Å²) in [5.74, 6) is 0.741. The highest BCUT2D eigenvalue weighted by Gasteiger charge is 2.03. The van der Waals surface area contributed by atoms with Crippen molar-refractivity contribution in [3.8, 4) is 5.88 Å². The van der Waals surface area contributed by atoms with E-state index < -0.39 is 0 Å². The number of hydrogen-bond donors (Lipinski definition) is 1. The minimum atomic E-state index is 0.694. The predicted molar refractivity (Wildman–Crippen MR) is 84.3 cm³/mol. The molecule has 1 N–H and O–H groups in total. The molecule has 0 aliphatic rings. The molecule has 1 aromatic heterocycles. The highest BCUT2D eigenvalue weighted by molar-refractivity contribution is 5.24. The van der Waals surface area contributed by atoms with Gasteiger partial charge in [-0.3, -0.25) is 0 Å². The van der Waals surface area contributed by atoms with Crippen molar-refractivity contribution in [2.45, 2.75) is 40.7 Å². The number of pyridine rings is 1. The van der Waals surface area contributed by atoms with Crippen molar-refractivity contribution in [3.63, 3.8) is 0 Å². The third-order valence-electron chi connectivity index (χ3n) is 3.30. The van der Waals surface area contributed by atoms with Crippen LogP contribution in [0.1, 0.15) is 38.4 Å². The van der Waals surface area contributed by atoms with Crippen LogP contribution in [0.25, 0.3) is 0 Å². The molecular weight excluding hydrogens is 250 g/mol. The summed E-state index contributed by atoms with van der Waals surface area (Å²) in [6, 6.07) is 4.15. The average molecular weight is 279 g/mol. The molecule has 0 aliphatic carbocycles. The van der Waals surface area contributed by atoms with Crippen LogP contribution in [0.15, 0.2) is 12.1 Å². The van der Waals surface area contributed by atoms with Gasteiger partial charge in [0.2, 0.25) is 5.88 Å². The van der Waals surface area contributed by atoms with Crippen LogP contribution < -0.4 is 10.1 Å². The van der Waals surface area contributed by atoms with Gasteiger partial charge in [0, 0.05) is 24.8 Å². The Hall–Kier alpha value is -1.13.